The summed E-state index contributed by atoms with van der Waals surface area (Å²) < 4.78 is 29.9. The lowest BCUT2D eigenvalue weighted by molar-refractivity contribution is 0.0453. The van der Waals surface area contributed by atoms with E-state index in [4.69, 9.17) is 14.2 Å². The van der Waals surface area contributed by atoms with Crippen LogP contribution in [-0.4, -0.2) is 7.11 Å². The Morgan fingerprint density at radius 1 is 1.06 bits per heavy atom. The summed E-state index contributed by atoms with van der Waals surface area (Å²) >= 11 is 0. The van der Waals surface area contributed by atoms with E-state index in [0.717, 1.165) is 0 Å². The molecule has 0 saturated heterocycles. The number of methoxy groups -OCH3 is 1. The molecule has 0 fully saturated rings. The van der Waals surface area contributed by atoms with E-state index >= 15 is 0 Å². The highest BCUT2D eigenvalue weighted by Crippen LogP contribution is 2.40. The smallest absolute Gasteiger partial charge is 0.270 e. The zero-order chi connectivity index (χ0) is 12.5. The summed E-state index contributed by atoms with van der Waals surface area (Å²) in [5.41, 5.74) is 0.354. The standard InChI is InChI=1S/C14H11FO3/c1-16-9-6-7-10(11(15)8-9)14-17-12-4-2-3-5-13(12)18-14/h2-8,14H,1H3. The monoisotopic (exact) mass is 246 g/mol. The molecule has 1 aliphatic rings. The first-order chi connectivity index (χ1) is 8.78. The summed E-state index contributed by atoms with van der Waals surface area (Å²) in [5, 5.41) is 0. The fourth-order valence-electron chi connectivity index (χ4n) is 1.85. The number of hydrogen-bond donors (Lipinski definition) is 0. The highest BCUT2D eigenvalue weighted by molar-refractivity contribution is 5.43. The molecule has 0 amide bonds. The molecule has 3 rings (SSSR count). The molecule has 0 unspecified atom stereocenters. The zero-order valence-corrected chi connectivity index (χ0v) is 9.72. The molecule has 1 heterocycles. The molecular weight excluding hydrogens is 235 g/mol. The summed E-state index contributed by atoms with van der Waals surface area (Å²) in [4.78, 5) is 0. The van der Waals surface area contributed by atoms with E-state index in [1.165, 1.54) is 13.2 Å². The van der Waals surface area contributed by atoms with Crippen LogP contribution in [0.25, 0.3) is 0 Å². The van der Waals surface area contributed by atoms with Gasteiger partial charge in [0.05, 0.1) is 12.7 Å². The molecule has 0 bridgehead atoms. The molecule has 1 aliphatic heterocycles. The number of benzene rings is 2. The Hall–Kier alpha value is -2.23. The molecule has 92 valence electrons. The van der Waals surface area contributed by atoms with Gasteiger partial charge in [0.1, 0.15) is 11.6 Å². The van der Waals surface area contributed by atoms with Crippen LogP contribution in [0.15, 0.2) is 42.5 Å². The minimum Gasteiger partial charge on any atom is -0.497 e. The van der Waals surface area contributed by atoms with Gasteiger partial charge in [0.15, 0.2) is 11.5 Å². The highest BCUT2D eigenvalue weighted by atomic mass is 19.1. The third kappa shape index (κ3) is 1.76. The lowest BCUT2D eigenvalue weighted by atomic mass is 10.2. The average Bonchev–Trinajstić information content (AvgIpc) is 2.81. The number of para-hydroxylation sites is 2. The Morgan fingerprint density at radius 3 is 2.28 bits per heavy atom. The lowest BCUT2D eigenvalue weighted by Crippen LogP contribution is -2.10. The predicted octanol–water partition coefficient (Wildman–Crippen LogP) is 3.30. The average molecular weight is 246 g/mol. The van der Waals surface area contributed by atoms with Gasteiger partial charge in [-0.15, -0.1) is 0 Å². The van der Waals surface area contributed by atoms with Gasteiger partial charge in [-0.1, -0.05) is 12.1 Å². The topological polar surface area (TPSA) is 27.7 Å². The van der Waals surface area contributed by atoms with E-state index in [-0.39, 0.29) is 0 Å². The molecule has 0 saturated carbocycles. The summed E-state index contributed by atoms with van der Waals surface area (Å²) in [6.07, 6.45) is -0.742. The largest absolute Gasteiger partial charge is 0.497 e. The van der Waals surface area contributed by atoms with Gasteiger partial charge >= 0.3 is 0 Å². The van der Waals surface area contributed by atoms with Crippen molar-refractivity contribution in [2.24, 2.45) is 0 Å². The first-order valence-corrected chi connectivity index (χ1v) is 5.54. The van der Waals surface area contributed by atoms with Gasteiger partial charge in [0.2, 0.25) is 0 Å². The van der Waals surface area contributed by atoms with Crippen LogP contribution < -0.4 is 14.2 Å². The molecule has 0 N–H and O–H groups in total. The molecular formula is C14H11FO3. The molecule has 0 radical (unpaired) electrons. The second-order valence-corrected chi connectivity index (χ2v) is 3.90. The summed E-state index contributed by atoms with van der Waals surface area (Å²) in [6, 6.07) is 11.8. The number of fused-ring (bicyclic) bond motifs is 1. The van der Waals surface area contributed by atoms with Crippen molar-refractivity contribution in [2.45, 2.75) is 6.29 Å². The zero-order valence-electron chi connectivity index (χ0n) is 9.72. The Balaban J connectivity index is 1.90. The Kier molecular flexibility index (Phi) is 2.55. The van der Waals surface area contributed by atoms with Crippen molar-refractivity contribution in [3.8, 4) is 17.2 Å². The van der Waals surface area contributed by atoms with Crippen LogP contribution in [0.3, 0.4) is 0 Å². The molecule has 18 heavy (non-hydrogen) atoms. The SMILES string of the molecule is COc1ccc(C2Oc3ccccc3O2)c(F)c1. The summed E-state index contributed by atoms with van der Waals surface area (Å²) in [7, 11) is 1.49. The molecule has 3 nitrogen and oxygen atoms in total. The van der Waals surface area contributed by atoms with E-state index in [2.05, 4.69) is 0 Å². The molecule has 0 aromatic heterocycles. The number of halogens is 1. The fraction of sp³-hybridized carbons (Fsp3) is 0.143. The van der Waals surface area contributed by atoms with Gasteiger partial charge in [-0.25, -0.2) is 4.39 Å². The van der Waals surface area contributed by atoms with Crippen LogP contribution in [0.4, 0.5) is 4.39 Å². The second kappa shape index (κ2) is 4.22. The van der Waals surface area contributed by atoms with Crippen molar-refractivity contribution in [1.29, 1.82) is 0 Å². The number of rotatable bonds is 2. The molecule has 2 aromatic carbocycles. The third-order valence-electron chi connectivity index (χ3n) is 2.78. The minimum absolute atomic E-state index is 0.354. The van der Waals surface area contributed by atoms with Gasteiger partial charge in [-0.05, 0) is 24.3 Å². The Bertz CT molecular complexity index is 558. The molecule has 0 spiro atoms. The van der Waals surface area contributed by atoms with E-state index in [1.807, 2.05) is 12.1 Å². The lowest BCUT2D eigenvalue weighted by Gasteiger charge is -2.12. The van der Waals surface area contributed by atoms with Crippen molar-refractivity contribution >= 4 is 0 Å². The van der Waals surface area contributed by atoms with Crippen molar-refractivity contribution in [1.82, 2.24) is 0 Å². The minimum atomic E-state index is -0.742. The maximum Gasteiger partial charge on any atom is 0.270 e. The van der Waals surface area contributed by atoms with E-state index in [0.29, 0.717) is 22.8 Å². The normalized spacial score (nSPS) is 13.7. The van der Waals surface area contributed by atoms with Gasteiger partial charge < -0.3 is 14.2 Å². The quantitative estimate of drug-likeness (QED) is 0.813. The second-order valence-electron chi connectivity index (χ2n) is 3.90. The van der Waals surface area contributed by atoms with Gasteiger partial charge in [-0.3, -0.25) is 0 Å². The highest BCUT2D eigenvalue weighted by Gasteiger charge is 2.27. The van der Waals surface area contributed by atoms with Crippen molar-refractivity contribution in [3.63, 3.8) is 0 Å². The molecule has 2 aromatic rings. The maximum atomic E-state index is 13.9. The van der Waals surface area contributed by atoms with E-state index < -0.39 is 12.1 Å². The van der Waals surface area contributed by atoms with Crippen LogP contribution in [-0.2, 0) is 0 Å². The van der Waals surface area contributed by atoms with Gasteiger partial charge in [0.25, 0.3) is 6.29 Å². The predicted molar refractivity (Wildman–Crippen MR) is 63.4 cm³/mol. The van der Waals surface area contributed by atoms with Crippen LogP contribution >= 0.6 is 0 Å². The fourth-order valence-corrected chi connectivity index (χ4v) is 1.85. The third-order valence-corrected chi connectivity index (χ3v) is 2.78. The van der Waals surface area contributed by atoms with Crippen LogP contribution in [0.1, 0.15) is 11.9 Å². The summed E-state index contributed by atoms with van der Waals surface area (Å²) in [5.74, 6) is 1.30. The van der Waals surface area contributed by atoms with Gasteiger partial charge in [-0.2, -0.15) is 0 Å². The van der Waals surface area contributed by atoms with E-state index in [9.17, 15) is 4.39 Å². The first kappa shape index (κ1) is 10.9. The van der Waals surface area contributed by atoms with Crippen LogP contribution in [0.5, 0.6) is 17.2 Å². The number of hydrogen-bond acceptors (Lipinski definition) is 3. The van der Waals surface area contributed by atoms with Crippen molar-refractivity contribution < 1.29 is 18.6 Å². The Labute approximate surface area is 104 Å². The van der Waals surface area contributed by atoms with Crippen molar-refractivity contribution in [2.75, 3.05) is 7.11 Å². The molecule has 0 aliphatic carbocycles. The van der Waals surface area contributed by atoms with Crippen LogP contribution in [0.2, 0.25) is 0 Å². The van der Waals surface area contributed by atoms with Crippen LogP contribution in [0, 0.1) is 5.82 Å². The first-order valence-electron chi connectivity index (χ1n) is 5.54. The number of ether oxygens (including phenoxy) is 3. The molecule has 0 atom stereocenters. The Morgan fingerprint density at radius 2 is 1.72 bits per heavy atom. The molecule has 4 heteroatoms. The maximum absolute atomic E-state index is 13.9. The summed E-state index contributed by atoms with van der Waals surface area (Å²) in [6.45, 7) is 0. The van der Waals surface area contributed by atoms with Gasteiger partial charge in [0, 0.05) is 6.07 Å². The van der Waals surface area contributed by atoms with E-state index in [1.54, 1.807) is 24.3 Å². The van der Waals surface area contributed by atoms with Crippen molar-refractivity contribution in [3.05, 3.63) is 53.8 Å².